The summed E-state index contributed by atoms with van der Waals surface area (Å²) in [7, 11) is 0. The zero-order chi connectivity index (χ0) is 18.6. The Morgan fingerprint density at radius 2 is 1.74 bits per heavy atom. The minimum Gasteiger partial charge on any atom is -0.450 e. The summed E-state index contributed by atoms with van der Waals surface area (Å²) in [5, 5.41) is 3.86. The van der Waals surface area contributed by atoms with Gasteiger partial charge < -0.3 is 13.7 Å². The Labute approximate surface area is 153 Å². The molecule has 2 heterocycles. The molecular weight excluding hydrogens is 351 g/mol. The van der Waals surface area contributed by atoms with Crippen LogP contribution in [0.2, 0.25) is 0 Å². The van der Waals surface area contributed by atoms with Crippen molar-refractivity contribution in [1.82, 2.24) is 10.1 Å². The molecular formula is C20H13FN2O4. The maximum atomic E-state index is 13.0. The smallest absolute Gasteiger partial charge is 0.374 e. The minimum absolute atomic E-state index is 0.0251. The average Bonchev–Trinajstić information content (AvgIpc) is 3.37. The lowest BCUT2D eigenvalue weighted by Gasteiger charge is -1.99. The number of aromatic nitrogens is 2. The van der Waals surface area contributed by atoms with Crippen LogP contribution in [0.5, 0.6) is 0 Å². The van der Waals surface area contributed by atoms with Gasteiger partial charge in [0.05, 0.1) is 0 Å². The first-order valence-electron chi connectivity index (χ1n) is 8.10. The first kappa shape index (κ1) is 16.7. The second kappa shape index (κ2) is 7.25. The van der Waals surface area contributed by atoms with Crippen molar-refractivity contribution < 1.29 is 22.9 Å². The molecule has 2 aromatic carbocycles. The van der Waals surface area contributed by atoms with Gasteiger partial charge in [0.15, 0.2) is 6.61 Å². The van der Waals surface area contributed by atoms with E-state index >= 15 is 0 Å². The van der Waals surface area contributed by atoms with Gasteiger partial charge in [-0.3, -0.25) is 0 Å². The molecule has 6 nitrogen and oxygen atoms in total. The van der Waals surface area contributed by atoms with Crippen molar-refractivity contribution >= 4 is 5.97 Å². The molecule has 27 heavy (non-hydrogen) atoms. The van der Waals surface area contributed by atoms with Crippen molar-refractivity contribution in [3.05, 3.63) is 84.2 Å². The Kier molecular flexibility index (Phi) is 4.49. The molecule has 0 saturated heterocycles. The molecule has 0 bridgehead atoms. The SMILES string of the molecule is O=C(OCc1nc(-c2ccccc2)no1)c1ccc(-c2ccc(F)cc2)o1. The quantitative estimate of drug-likeness (QED) is 0.486. The van der Waals surface area contributed by atoms with Gasteiger partial charge in [-0.1, -0.05) is 35.5 Å². The fraction of sp³-hybridized carbons (Fsp3) is 0.0500. The lowest BCUT2D eigenvalue weighted by atomic mass is 10.2. The number of hydrogen-bond donors (Lipinski definition) is 0. The summed E-state index contributed by atoms with van der Waals surface area (Å²) < 4.78 is 28.7. The van der Waals surface area contributed by atoms with Gasteiger partial charge in [-0.2, -0.15) is 4.98 Å². The number of carbonyl (C=O) groups is 1. The van der Waals surface area contributed by atoms with Crippen LogP contribution in [0.25, 0.3) is 22.7 Å². The number of furan rings is 1. The molecule has 0 spiro atoms. The molecule has 4 rings (SSSR count). The van der Waals surface area contributed by atoms with E-state index in [9.17, 15) is 9.18 Å². The fourth-order valence-electron chi connectivity index (χ4n) is 2.43. The highest BCUT2D eigenvalue weighted by molar-refractivity contribution is 5.87. The largest absolute Gasteiger partial charge is 0.450 e. The molecule has 0 aliphatic rings. The van der Waals surface area contributed by atoms with E-state index in [2.05, 4.69) is 10.1 Å². The van der Waals surface area contributed by atoms with Gasteiger partial charge >= 0.3 is 5.97 Å². The number of halogens is 1. The van der Waals surface area contributed by atoms with Gasteiger partial charge in [-0.05, 0) is 36.4 Å². The van der Waals surface area contributed by atoms with E-state index in [0.717, 1.165) is 5.56 Å². The third-order valence-electron chi connectivity index (χ3n) is 3.76. The van der Waals surface area contributed by atoms with Crippen molar-refractivity contribution in [3.63, 3.8) is 0 Å². The number of hydrogen-bond acceptors (Lipinski definition) is 6. The van der Waals surface area contributed by atoms with Crippen LogP contribution >= 0.6 is 0 Å². The van der Waals surface area contributed by atoms with Gasteiger partial charge in [0.1, 0.15) is 11.6 Å². The molecule has 0 saturated carbocycles. The molecule has 0 radical (unpaired) electrons. The average molecular weight is 364 g/mol. The van der Waals surface area contributed by atoms with Gasteiger partial charge in [-0.25, -0.2) is 9.18 Å². The molecule has 0 unspecified atom stereocenters. The monoisotopic (exact) mass is 364 g/mol. The minimum atomic E-state index is -0.664. The summed E-state index contributed by atoms with van der Waals surface area (Å²) in [4.78, 5) is 16.3. The summed E-state index contributed by atoms with van der Waals surface area (Å²) in [5.41, 5.74) is 1.45. The van der Waals surface area contributed by atoms with Gasteiger partial charge in [-0.15, -0.1) is 0 Å². The molecule has 0 atom stereocenters. The first-order chi connectivity index (χ1) is 13.2. The summed E-state index contributed by atoms with van der Waals surface area (Å²) in [6, 6.07) is 18.2. The summed E-state index contributed by atoms with van der Waals surface area (Å²) in [6.45, 7) is -0.175. The zero-order valence-corrected chi connectivity index (χ0v) is 14.0. The highest BCUT2D eigenvalue weighted by Crippen LogP contribution is 2.23. The second-order valence-corrected chi connectivity index (χ2v) is 5.62. The number of carbonyl (C=O) groups excluding carboxylic acids is 1. The number of benzene rings is 2. The second-order valence-electron chi connectivity index (χ2n) is 5.62. The molecule has 0 amide bonds. The van der Waals surface area contributed by atoms with E-state index in [4.69, 9.17) is 13.7 Å². The van der Waals surface area contributed by atoms with Crippen LogP contribution in [-0.2, 0) is 11.3 Å². The van der Waals surface area contributed by atoms with Gasteiger partial charge in [0.25, 0.3) is 5.89 Å². The molecule has 0 aliphatic carbocycles. The van der Waals surface area contributed by atoms with Gasteiger partial charge in [0, 0.05) is 11.1 Å². The molecule has 2 aromatic heterocycles. The number of nitrogens with zero attached hydrogens (tertiary/aromatic N) is 2. The normalized spacial score (nSPS) is 10.7. The van der Waals surface area contributed by atoms with Crippen LogP contribution < -0.4 is 0 Å². The molecule has 7 heteroatoms. The van der Waals surface area contributed by atoms with Crippen molar-refractivity contribution in [2.75, 3.05) is 0 Å². The fourth-order valence-corrected chi connectivity index (χ4v) is 2.43. The predicted octanol–water partition coefficient (Wildman–Crippen LogP) is 4.49. The van der Waals surface area contributed by atoms with Crippen molar-refractivity contribution in [2.45, 2.75) is 6.61 Å². The van der Waals surface area contributed by atoms with Crippen LogP contribution in [0.4, 0.5) is 4.39 Å². The standard InChI is InChI=1S/C20H13FN2O4/c21-15-8-6-13(7-9-15)16-10-11-17(26-16)20(24)25-12-18-22-19(23-27-18)14-4-2-1-3-5-14/h1-11H,12H2. The Bertz CT molecular complexity index is 1060. The van der Waals surface area contributed by atoms with Crippen molar-refractivity contribution in [2.24, 2.45) is 0 Å². The molecule has 0 N–H and O–H groups in total. The van der Waals surface area contributed by atoms with Crippen LogP contribution in [0.3, 0.4) is 0 Å². The number of rotatable bonds is 5. The highest BCUT2D eigenvalue weighted by atomic mass is 19.1. The summed E-state index contributed by atoms with van der Waals surface area (Å²) in [5.74, 6) is 0.0381. The third kappa shape index (κ3) is 3.77. The molecule has 0 aliphatic heterocycles. The van der Waals surface area contributed by atoms with Crippen molar-refractivity contribution in [1.29, 1.82) is 0 Å². The predicted molar refractivity (Wildman–Crippen MR) is 93.0 cm³/mol. The molecule has 4 aromatic rings. The van der Waals surface area contributed by atoms with Crippen LogP contribution in [0, 0.1) is 5.82 Å². The van der Waals surface area contributed by atoms with Crippen LogP contribution in [-0.4, -0.2) is 16.1 Å². The Balaban J connectivity index is 1.40. The van der Waals surface area contributed by atoms with Crippen LogP contribution in [0.15, 0.2) is 75.7 Å². The van der Waals surface area contributed by atoms with Gasteiger partial charge in [0.2, 0.25) is 11.6 Å². The van der Waals surface area contributed by atoms with Crippen molar-refractivity contribution in [3.8, 4) is 22.7 Å². The topological polar surface area (TPSA) is 78.4 Å². The third-order valence-corrected chi connectivity index (χ3v) is 3.76. The lowest BCUT2D eigenvalue weighted by molar-refractivity contribution is 0.0394. The molecule has 134 valence electrons. The summed E-state index contributed by atoms with van der Waals surface area (Å²) in [6.07, 6.45) is 0. The van der Waals surface area contributed by atoms with E-state index in [-0.39, 0.29) is 24.1 Å². The lowest BCUT2D eigenvalue weighted by Crippen LogP contribution is -2.04. The van der Waals surface area contributed by atoms with E-state index < -0.39 is 5.97 Å². The van der Waals surface area contributed by atoms with E-state index in [1.54, 1.807) is 18.2 Å². The maximum Gasteiger partial charge on any atom is 0.374 e. The number of esters is 1. The molecule has 0 fully saturated rings. The maximum absolute atomic E-state index is 13.0. The van der Waals surface area contributed by atoms with E-state index in [0.29, 0.717) is 17.1 Å². The Hall–Kier alpha value is -3.74. The Morgan fingerprint density at radius 1 is 0.963 bits per heavy atom. The Morgan fingerprint density at radius 3 is 2.52 bits per heavy atom. The zero-order valence-electron chi connectivity index (χ0n) is 14.0. The highest BCUT2D eigenvalue weighted by Gasteiger charge is 2.16. The number of ether oxygens (including phenoxy) is 1. The van der Waals surface area contributed by atoms with E-state index in [1.165, 1.54) is 18.2 Å². The van der Waals surface area contributed by atoms with Crippen LogP contribution in [0.1, 0.15) is 16.4 Å². The first-order valence-corrected chi connectivity index (χ1v) is 8.10. The van der Waals surface area contributed by atoms with E-state index in [1.807, 2.05) is 30.3 Å². The summed E-state index contributed by atoms with van der Waals surface area (Å²) >= 11 is 0.